The van der Waals surface area contributed by atoms with E-state index in [9.17, 15) is 14.3 Å². The number of aromatic hydroxyl groups is 1. The Morgan fingerprint density at radius 1 is 1.00 bits per heavy atom. The molecule has 0 unspecified atom stereocenters. The molecule has 0 aliphatic heterocycles. The van der Waals surface area contributed by atoms with E-state index in [0.717, 1.165) is 38.8 Å². The molecule has 0 radical (unpaired) electrons. The summed E-state index contributed by atoms with van der Waals surface area (Å²) in [5.41, 5.74) is 4.58. The third-order valence-electron chi connectivity index (χ3n) is 7.95. The van der Waals surface area contributed by atoms with Crippen LogP contribution in [0.1, 0.15) is 30.7 Å². The maximum absolute atomic E-state index is 14.0. The zero-order chi connectivity index (χ0) is 34.7. The fourth-order valence-electron chi connectivity index (χ4n) is 5.23. The number of urea groups is 1. The molecule has 10 nitrogen and oxygen atoms in total. The number of benzene rings is 3. The second-order valence-electron chi connectivity index (χ2n) is 12.2. The van der Waals surface area contributed by atoms with Crippen molar-refractivity contribution in [2.24, 2.45) is 0 Å². The number of nitrogens with one attached hydrogen (secondary N) is 2. The van der Waals surface area contributed by atoms with Crippen molar-refractivity contribution in [2.45, 2.75) is 41.5 Å². The molecule has 0 saturated heterocycles. The van der Waals surface area contributed by atoms with Crippen LogP contribution in [0.2, 0.25) is 0 Å². The number of fused-ring (bicyclic) bond motifs is 1. The van der Waals surface area contributed by atoms with E-state index >= 15 is 0 Å². The number of amides is 2. The maximum atomic E-state index is 14.0. The Morgan fingerprint density at radius 3 is 2.61 bits per heavy atom. The van der Waals surface area contributed by atoms with Gasteiger partial charge in [0.25, 0.3) is 0 Å². The van der Waals surface area contributed by atoms with Crippen LogP contribution in [-0.2, 0) is 17.8 Å². The molecular formula is C36H37FN8O2S2. The molecule has 3 aromatic heterocycles. The summed E-state index contributed by atoms with van der Waals surface area (Å²) in [4.78, 5) is 17.3. The lowest BCUT2D eigenvalue weighted by Crippen LogP contribution is -2.29. The average molecular weight is 697 g/mol. The largest absolute Gasteiger partial charge is 0.507 e. The summed E-state index contributed by atoms with van der Waals surface area (Å²) in [7, 11) is 4.06. The summed E-state index contributed by atoms with van der Waals surface area (Å²) < 4.78 is 17.2. The van der Waals surface area contributed by atoms with Gasteiger partial charge in [-0.3, -0.25) is 9.72 Å². The number of phenolic OH excluding ortho intramolecular Hbond substituents is 1. The normalized spacial score (nSPS) is 11.7. The first-order valence-corrected chi connectivity index (χ1v) is 17.6. The average Bonchev–Trinajstić information content (AvgIpc) is 3.70. The van der Waals surface area contributed by atoms with Crippen molar-refractivity contribution >= 4 is 41.0 Å². The zero-order valence-corrected chi connectivity index (χ0v) is 29.4. The molecule has 3 aromatic carbocycles. The van der Waals surface area contributed by atoms with E-state index in [2.05, 4.69) is 51.7 Å². The van der Waals surface area contributed by atoms with E-state index in [-0.39, 0.29) is 28.6 Å². The highest BCUT2D eigenvalue weighted by atomic mass is 32.2. The Kier molecular flexibility index (Phi) is 9.95. The summed E-state index contributed by atoms with van der Waals surface area (Å²) in [6.45, 7) is 5.28. The van der Waals surface area contributed by atoms with Gasteiger partial charge in [0.1, 0.15) is 17.4 Å². The first-order chi connectivity index (χ1) is 23.5. The van der Waals surface area contributed by atoms with Crippen LogP contribution in [-0.4, -0.2) is 60.8 Å². The van der Waals surface area contributed by atoms with E-state index in [1.165, 1.54) is 30.0 Å². The zero-order valence-electron chi connectivity index (χ0n) is 27.8. The first kappa shape index (κ1) is 34.0. The van der Waals surface area contributed by atoms with Gasteiger partial charge in [0, 0.05) is 35.1 Å². The molecule has 49 heavy (non-hydrogen) atoms. The van der Waals surface area contributed by atoms with Gasteiger partial charge in [0.15, 0.2) is 11.5 Å². The van der Waals surface area contributed by atoms with Crippen LogP contribution in [0, 0.1) is 5.82 Å². The van der Waals surface area contributed by atoms with E-state index in [1.807, 2.05) is 81.1 Å². The first-order valence-electron chi connectivity index (χ1n) is 15.5. The van der Waals surface area contributed by atoms with Gasteiger partial charge in [-0.05, 0) is 93.9 Å². The standard InChI is InChI=1S/C36H37FN8O2S2/c1-36(2,48-5)31-19-33(45(42-31)26-11-8-9-23(17-26)21-43(3)4)39-35(47)38-20-24-10-6-7-12-30(24)49-27-14-16-32-40-41-34(44(32)22-27)28-18-25(37)13-15-29(28)46/h6-19,22,46H,20-21H2,1-5H3,(H2,38,39,47). The van der Waals surface area contributed by atoms with Crippen LogP contribution in [0.3, 0.4) is 0 Å². The molecular weight excluding hydrogens is 660 g/mol. The Labute approximate surface area is 292 Å². The minimum Gasteiger partial charge on any atom is -0.507 e. The van der Waals surface area contributed by atoms with Crippen molar-refractivity contribution in [3.8, 4) is 22.8 Å². The number of hydrogen-bond acceptors (Lipinski definition) is 8. The van der Waals surface area contributed by atoms with Crippen LogP contribution in [0.25, 0.3) is 22.7 Å². The SMILES string of the molecule is CSC(C)(C)c1cc(NC(=O)NCc2ccccc2Sc2ccc3nnc(-c4cc(F)ccc4O)n3c2)n(-c2cccc(CN(C)C)c2)n1. The summed E-state index contributed by atoms with van der Waals surface area (Å²) >= 11 is 3.20. The van der Waals surface area contributed by atoms with Gasteiger partial charge in [-0.25, -0.2) is 13.9 Å². The third-order valence-corrected chi connectivity index (χ3v) is 10.3. The Morgan fingerprint density at radius 2 is 1.82 bits per heavy atom. The fourth-order valence-corrected chi connectivity index (χ4v) is 6.51. The molecule has 13 heteroatoms. The fraction of sp³-hybridized carbons (Fsp3) is 0.222. The van der Waals surface area contributed by atoms with Crippen molar-refractivity contribution < 1.29 is 14.3 Å². The number of phenols is 1. The molecule has 6 aromatic rings. The second-order valence-corrected chi connectivity index (χ2v) is 14.8. The van der Waals surface area contributed by atoms with Gasteiger partial charge in [-0.2, -0.15) is 16.9 Å². The van der Waals surface area contributed by atoms with Gasteiger partial charge in [0.2, 0.25) is 0 Å². The highest BCUT2D eigenvalue weighted by Crippen LogP contribution is 2.36. The molecule has 0 fully saturated rings. The van der Waals surface area contributed by atoms with E-state index in [1.54, 1.807) is 20.8 Å². The summed E-state index contributed by atoms with van der Waals surface area (Å²) in [5.74, 6) is 0.326. The van der Waals surface area contributed by atoms with Crippen molar-refractivity contribution in [3.05, 3.63) is 114 Å². The maximum Gasteiger partial charge on any atom is 0.320 e. The van der Waals surface area contributed by atoms with E-state index < -0.39 is 5.82 Å². The number of nitrogens with zero attached hydrogens (tertiary/aromatic N) is 6. The number of anilines is 1. The highest BCUT2D eigenvalue weighted by molar-refractivity contribution is 7.99. The van der Waals surface area contributed by atoms with Crippen LogP contribution in [0.5, 0.6) is 5.75 Å². The minimum atomic E-state index is -0.483. The molecule has 3 N–H and O–H groups in total. The quantitative estimate of drug-likeness (QED) is 0.127. The molecule has 6 rings (SSSR count). The second kappa shape index (κ2) is 14.3. The van der Waals surface area contributed by atoms with Gasteiger partial charge >= 0.3 is 6.03 Å². The number of halogens is 1. The number of pyridine rings is 1. The van der Waals surface area contributed by atoms with Gasteiger partial charge < -0.3 is 15.3 Å². The molecule has 3 heterocycles. The van der Waals surface area contributed by atoms with E-state index in [4.69, 9.17) is 5.10 Å². The molecule has 0 spiro atoms. The molecule has 0 atom stereocenters. The minimum absolute atomic E-state index is 0.0893. The van der Waals surface area contributed by atoms with E-state index in [0.29, 0.717) is 17.3 Å². The lowest BCUT2D eigenvalue weighted by atomic mass is 10.1. The lowest BCUT2D eigenvalue weighted by molar-refractivity contribution is 0.251. The molecule has 0 bridgehead atoms. The van der Waals surface area contributed by atoms with Crippen molar-refractivity contribution in [1.82, 2.24) is 34.6 Å². The molecule has 0 aliphatic rings. The number of thioether (sulfide) groups is 1. The summed E-state index contributed by atoms with van der Waals surface area (Å²) in [6.07, 6.45) is 3.89. The summed E-state index contributed by atoms with van der Waals surface area (Å²) in [5, 5.41) is 29.7. The van der Waals surface area contributed by atoms with Gasteiger partial charge in [0.05, 0.1) is 21.7 Å². The molecule has 0 saturated carbocycles. The monoisotopic (exact) mass is 696 g/mol. The molecule has 252 valence electrons. The van der Waals surface area contributed by atoms with Gasteiger partial charge in [-0.1, -0.05) is 42.1 Å². The molecule has 2 amide bonds. The Balaban J connectivity index is 1.20. The topological polar surface area (TPSA) is 113 Å². The molecule has 0 aliphatic carbocycles. The predicted molar refractivity (Wildman–Crippen MR) is 194 cm³/mol. The number of carbonyl (C=O) groups excluding carboxylic acids is 1. The number of aromatic nitrogens is 5. The predicted octanol–water partition coefficient (Wildman–Crippen LogP) is 7.56. The number of hydrogen-bond donors (Lipinski definition) is 3. The number of carbonyl (C=O) groups is 1. The number of rotatable bonds is 11. The smallest absolute Gasteiger partial charge is 0.320 e. The Hall–Kier alpha value is -4.85. The van der Waals surface area contributed by atoms with Crippen molar-refractivity contribution in [3.63, 3.8) is 0 Å². The van der Waals surface area contributed by atoms with Gasteiger partial charge in [-0.15, -0.1) is 10.2 Å². The van der Waals surface area contributed by atoms with Crippen LogP contribution < -0.4 is 10.6 Å². The van der Waals surface area contributed by atoms with Crippen molar-refractivity contribution in [1.29, 1.82) is 0 Å². The highest BCUT2D eigenvalue weighted by Gasteiger charge is 2.25. The lowest BCUT2D eigenvalue weighted by Gasteiger charge is -2.18. The van der Waals surface area contributed by atoms with Crippen LogP contribution >= 0.6 is 23.5 Å². The van der Waals surface area contributed by atoms with Crippen molar-refractivity contribution in [2.75, 3.05) is 25.7 Å². The summed E-state index contributed by atoms with van der Waals surface area (Å²) in [6, 6.07) is 25.0. The third kappa shape index (κ3) is 7.74. The van der Waals surface area contributed by atoms with Crippen LogP contribution in [0.4, 0.5) is 15.0 Å². The Bertz CT molecular complexity index is 2130. The van der Waals surface area contributed by atoms with Crippen LogP contribution in [0.15, 0.2) is 101 Å².